The summed E-state index contributed by atoms with van der Waals surface area (Å²) >= 11 is 0. The monoisotopic (exact) mass is 354 g/mol. The molecule has 0 bridgehead atoms. The second-order valence-electron chi connectivity index (χ2n) is 6.42. The lowest BCUT2D eigenvalue weighted by Crippen LogP contribution is -2.34. The molecular weight excluding hydrogens is 328 g/mol. The molecule has 0 saturated carbocycles. The zero-order valence-corrected chi connectivity index (χ0v) is 15.0. The lowest BCUT2D eigenvalue weighted by Gasteiger charge is -2.24. The van der Waals surface area contributed by atoms with Gasteiger partial charge in [0, 0.05) is 24.4 Å². The number of piperidine rings is 1. The molecule has 5 nitrogen and oxygen atoms in total. The van der Waals surface area contributed by atoms with Crippen LogP contribution in [-0.2, 0) is 9.53 Å². The maximum atomic E-state index is 12.3. The largest absolute Gasteiger partial charge is 0.490 e. The molecule has 0 atom stereocenters. The standard InChI is InChI=1S/C18H26N2O3.ClH/c1-13-12-15(20-18(21)14-4-8-19-9-5-14)2-3-17(13)23-16-6-10-22-11-7-16;/h2-3,12,14,16,19H,4-11H2,1H3,(H,20,21);1H. The van der Waals surface area contributed by atoms with Crippen molar-refractivity contribution in [2.24, 2.45) is 5.92 Å². The summed E-state index contributed by atoms with van der Waals surface area (Å²) in [7, 11) is 0. The predicted octanol–water partition coefficient (Wildman–Crippen LogP) is 2.91. The normalized spacial score (nSPS) is 19.4. The Hall–Kier alpha value is -1.30. The fourth-order valence-corrected chi connectivity index (χ4v) is 3.16. The average Bonchev–Trinajstić information content (AvgIpc) is 2.59. The van der Waals surface area contributed by atoms with Gasteiger partial charge in [0.2, 0.25) is 5.91 Å². The van der Waals surface area contributed by atoms with E-state index in [0.717, 1.165) is 69.0 Å². The number of hydrogen-bond donors (Lipinski definition) is 2. The first-order valence-corrected chi connectivity index (χ1v) is 8.59. The van der Waals surface area contributed by atoms with Gasteiger partial charge in [-0.1, -0.05) is 0 Å². The number of aryl methyl sites for hydroxylation is 1. The molecule has 3 rings (SSSR count). The van der Waals surface area contributed by atoms with E-state index in [9.17, 15) is 4.79 Å². The van der Waals surface area contributed by atoms with Gasteiger partial charge in [-0.3, -0.25) is 4.79 Å². The van der Waals surface area contributed by atoms with Crippen molar-refractivity contribution >= 4 is 24.0 Å². The van der Waals surface area contributed by atoms with E-state index in [1.807, 2.05) is 25.1 Å². The highest BCUT2D eigenvalue weighted by molar-refractivity contribution is 5.92. The van der Waals surface area contributed by atoms with Gasteiger partial charge in [-0.25, -0.2) is 0 Å². The molecule has 0 spiro atoms. The number of rotatable bonds is 4. The second-order valence-corrected chi connectivity index (χ2v) is 6.42. The molecule has 0 aromatic heterocycles. The average molecular weight is 355 g/mol. The Balaban J connectivity index is 0.00000208. The summed E-state index contributed by atoms with van der Waals surface area (Å²) < 4.78 is 11.4. The van der Waals surface area contributed by atoms with Crippen LogP contribution in [0.25, 0.3) is 0 Å². The van der Waals surface area contributed by atoms with Crippen LogP contribution in [0.4, 0.5) is 5.69 Å². The number of carbonyl (C=O) groups excluding carboxylic acids is 1. The SMILES string of the molecule is Cc1cc(NC(=O)C2CCNCC2)ccc1OC1CCOCC1.Cl. The zero-order valence-electron chi connectivity index (χ0n) is 14.2. The highest BCUT2D eigenvalue weighted by Gasteiger charge is 2.21. The van der Waals surface area contributed by atoms with E-state index < -0.39 is 0 Å². The van der Waals surface area contributed by atoms with E-state index in [2.05, 4.69) is 10.6 Å². The van der Waals surface area contributed by atoms with Gasteiger partial charge in [-0.2, -0.15) is 0 Å². The topological polar surface area (TPSA) is 59.6 Å². The second kappa shape index (κ2) is 9.25. The van der Waals surface area contributed by atoms with Gasteiger partial charge in [0.05, 0.1) is 13.2 Å². The Morgan fingerprint density at radius 3 is 2.58 bits per heavy atom. The van der Waals surface area contributed by atoms with Crippen LogP contribution in [0.1, 0.15) is 31.2 Å². The van der Waals surface area contributed by atoms with E-state index in [1.165, 1.54) is 0 Å². The molecule has 2 heterocycles. The number of benzene rings is 1. The summed E-state index contributed by atoms with van der Waals surface area (Å²) in [6.07, 6.45) is 3.94. The van der Waals surface area contributed by atoms with Crippen LogP contribution in [0.5, 0.6) is 5.75 Å². The minimum atomic E-state index is 0. The molecule has 24 heavy (non-hydrogen) atoms. The van der Waals surface area contributed by atoms with Crippen LogP contribution in [0.15, 0.2) is 18.2 Å². The van der Waals surface area contributed by atoms with Crippen molar-refractivity contribution in [3.05, 3.63) is 23.8 Å². The van der Waals surface area contributed by atoms with Crippen molar-refractivity contribution in [1.29, 1.82) is 0 Å². The quantitative estimate of drug-likeness (QED) is 0.872. The smallest absolute Gasteiger partial charge is 0.227 e. The third kappa shape index (κ3) is 5.10. The lowest BCUT2D eigenvalue weighted by molar-refractivity contribution is -0.120. The number of hydrogen-bond acceptors (Lipinski definition) is 4. The van der Waals surface area contributed by atoms with Crippen molar-refractivity contribution in [3.63, 3.8) is 0 Å². The third-order valence-corrected chi connectivity index (χ3v) is 4.61. The summed E-state index contributed by atoms with van der Waals surface area (Å²) in [5.74, 6) is 1.15. The Labute approximate surface area is 149 Å². The highest BCUT2D eigenvalue weighted by Crippen LogP contribution is 2.26. The van der Waals surface area contributed by atoms with Gasteiger partial charge in [0.15, 0.2) is 0 Å². The van der Waals surface area contributed by atoms with E-state index in [0.29, 0.717) is 0 Å². The van der Waals surface area contributed by atoms with Crippen molar-refractivity contribution in [2.75, 3.05) is 31.6 Å². The maximum Gasteiger partial charge on any atom is 0.227 e. The minimum Gasteiger partial charge on any atom is -0.490 e. The van der Waals surface area contributed by atoms with Crippen LogP contribution in [0.3, 0.4) is 0 Å². The molecule has 0 aliphatic carbocycles. The summed E-state index contributed by atoms with van der Waals surface area (Å²) in [4.78, 5) is 12.3. The molecule has 1 amide bonds. The Bertz CT molecular complexity index is 541. The molecule has 2 N–H and O–H groups in total. The fourth-order valence-electron chi connectivity index (χ4n) is 3.16. The fraction of sp³-hybridized carbons (Fsp3) is 0.611. The van der Waals surface area contributed by atoms with Gasteiger partial charge in [0.25, 0.3) is 0 Å². The molecule has 2 fully saturated rings. The van der Waals surface area contributed by atoms with Crippen molar-refractivity contribution in [2.45, 2.75) is 38.7 Å². The van der Waals surface area contributed by atoms with E-state index >= 15 is 0 Å². The van der Waals surface area contributed by atoms with Gasteiger partial charge in [-0.15, -0.1) is 12.4 Å². The Kier molecular flexibility index (Phi) is 7.34. The van der Waals surface area contributed by atoms with Crippen LogP contribution < -0.4 is 15.4 Å². The molecule has 2 saturated heterocycles. The Morgan fingerprint density at radius 2 is 1.92 bits per heavy atom. The Morgan fingerprint density at radius 1 is 1.21 bits per heavy atom. The number of anilines is 1. The van der Waals surface area contributed by atoms with Crippen LogP contribution in [0.2, 0.25) is 0 Å². The van der Waals surface area contributed by atoms with Gasteiger partial charge >= 0.3 is 0 Å². The molecule has 134 valence electrons. The van der Waals surface area contributed by atoms with Crippen molar-refractivity contribution in [1.82, 2.24) is 5.32 Å². The van der Waals surface area contributed by atoms with Gasteiger partial charge < -0.3 is 20.1 Å². The van der Waals surface area contributed by atoms with Gasteiger partial charge in [0.1, 0.15) is 11.9 Å². The molecule has 0 unspecified atom stereocenters. The molecule has 2 aliphatic heterocycles. The lowest BCUT2D eigenvalue weighted by atomic mass is 9.97. The van der Waals surface area contributed by atoms with Crippen LogP contribution in [0, 0.1) is 12.8 Å². The summed E-state index contributed by atoms with van der Waals surface area (Å²) in [5.41, 5.74) is 1.91. The molecule has 0 radical (unpaired) electrons. The van der Waals surface area contributed by atoms with Crippen molar-refractivity contribution < 1.29 is 14.3 Å². The van der Waals surface area contributed by atoms with Crippen molar-refractivity contribution in [3.8, 4) is 5.75 Å². The molecule has 1 aromatic carbocycles. The molecule has 6 heteroatoms. The molecular formula is C18H27ClN2O3. The zero-order chi connectivity index (χ0) is 16.1. The van der Waals surface area contributed by atoms with E-state index in [-0.39, 0.29) is 30.3 Å². The number of halogens is 1. The van der Waals surface area contributed by atoms with E-state index in [4.69, 9.17) is 9.47 Å². The first kappa shape index (κ1) is 19.0. The van der Waals surface area contributed by atoms with E-state index in [1.54, 1.807) is 0 Å². The van der Waals surface area contributed by atoms with Gasteiger partial charge in [-0.05, 0) is 56.6 Å². The number of nitrogens with one attached hydrogen (secondary N) is 2. The van der Waals surface area contributed by atoms with Crippen LogP contribution in [-0.4, -0.2) is 38.3 Å². The summed E-state index contributed by atoms with van der Waals surface area (Å²) in [5, 5.41) is 6.32. The first-order valence-electron chi connectivity index (χ1n) is 8.59. The molecule has 1 aromatic rings. The molecule has 2 aliphatic rings. The van der Waals surface area contributed by atoms with Crippen LogP contribution >= 0.6 is 12.4 Å². The minimum absolute atomic E-state index is 0. The summed E-state index contributed by atoms with van der Waals surface area (Å²) in [6, 6.07) is 5.89. The number of ether oxygens (including phenoxy) is 2. The number of amides is 1. The predicted molar refractivity (Wildman–Crippen MR) is 97.1 cm³/mol. The maximum absolute atomic E-state index is 12.3. The highest BCUT2D eigenvalue weighted by atomic mass is 35.5. The first-order chi connectivity index (χ1) is 11.2. The summed E-state index contributed by atoms with van der Waals surface area (Å²) in [6.45, 7) is 5.42. The third-order valence-electron chi connectivity index (χ3n) is 4.61. The number of carbonyl (C=O) groups is 1.